The van der Waals surface area contributed by atoms with E-state index in [4.69, 9.17) is 5.11 Å². The normalized spacial score (nSPS) is 16.5. The van der Waals surface area contributed by atoms with Crippen LogP contribution in [0.25, 0.3) is 11.3 Å². The molecule has 1 saturated heterocycles. The lowest BCUT2D eigenvalue weighted by molar-refractivity contribution is -0.137. The third kappa shape index (κ3) is 6.05. The van der Waals surface area contributed by atoms with Crippen LogP contribution in [0.3, 0.4) is 0 Å². The number of nitrogens with zero attached hydrogens (tertiary/aromatic N) is 2. The number of nitrogens with one attached hydrogen (secondary N) is 2. The molecule has 1 fully saturated rings. The fourth-order valence-corrected chi connectivity index (χ4v) is 5.20. The van der Waals surface area contributed by atoms with E-state index in [2.05, 4.69) is 38.5 Å². The summed E-state index contributed by atoms with van der Waals surface area (Å²) in [6.45, 7) is 3.12. The third-order valence-corrected chi connectivity index (χ3v) is 7.50. The zero-order valence-corrected chi connectivity index (χ0v) is 23.1. The van der Waals surface area contributed by atoms with Gasteiger partial charge in [-0.05, 0) is 67.1 Å². The predicted octanol–water partition coefficient (Wildman–Crippen LogP) is 4.79. The molecule has 0 saturated carbocycles. The summed E-state index contributed by atoms with van der Waals surface area (Å²) in [5.74, 6) is -1.09. The van der Waals surface area contributed by atoms with Crippen molar-refractivity contribution in [3.8, 4) is 0 Å². The van der Waals surface area contributed by atoms with E-state index in [1.807, 2.05) is 59.5 Å². The van der Waals surface area contributed by atoms with Crippen LogP contribution in [0.1, 0.15) is 33.5 Å². The second-order valence-electron chi connectivity index (χ2n) is 9.79. The first-order valence-electron chi connectivity index (χ1n) is 12.8. The molecule has 0 unspecified atom stereocenters. The van der Waals surface area contributed by atoms with Crippen LogP contribution in [0, 0.1) is 0 Å². The highest BCUT2D eigenvalue weighted by Gasteiger charge is 2.29. The van der Waals surface area contributed by atoms with E-state index in [-0.39, 0.29) is 18.2 Å². The quantitative estimate of drug-likeness (QED) is 0.343. The van der Waals surface area contributed by atoms with Gasteiger partial charge in [0.2, 0.25) is 0 Å². The highest BCUT2D eigenvalue weighted by molar-refractivity contribution is 9.10. The standard InChI is InChI=1S/C30H29BrN4O4/c1-34-13-15-35(16-14-34)30(39)20-6-9-23(10-7-20)32-28(21-4-2-3-19(17-21)5-12-26(36)37)27-24-11-8-22(31)18-25(24)33-29(27)38/h2-4,6-11,17-18,32H,5,12-16H2,1H3,(H,33,38)(H,36,37). The Hall–Kier alpha value is -3.95. The van der Waals surface area contributed by atoms with Crippen molar-refractivity contribution in [1.29, 1.82) is 0 Å². The maximum atomic E-state index is 13.2. The first-order chi connectivity index (χ1) is 18.8. The third-order valence-electron chi connectivity index (χ3n) is 7.01. The number of rotatable bonds is 7. The molecule has 0 atom stereocenters. The van der Waals surface area contributed by atoms with E-state index in [9.17, 15) is 14.4 Å². The van der Waals surface area contributed by atoms with Gasteiger partial charge in [0.1, 0.15) is 0 Å². The van der Waals surface area contributed by atoms with Crippen LogP contribution >= 0.6 is 15.9 Å². The fraction of sp³-hybridized carbons (Fsp3) is 0.233. The van der Waals surface area contributed by atoms with Crippen LogP contribution < -0.4 is 10.6 Å². The summed E-state index contributed by atoms with van der Waals surface area (Å²) in [5.41, 5.74) is 5.52. The summed E-state index contributed by atoms with van der Waals surface area (Å²) in [5, 5.41) is 15.5. The van der Waals surface area contributed by atoms with Crippen LogP contribution in [0.2, 0.25) is 0 Å². The summed E-state index contributed by atoms with van der Waals surface area (Å²) < 4.78 is 0.855. The molecule has 200 valence electrons. The lowest BCUT2D eigenvalue weighted by Gasteiger charge is -2.32. The summed E-state index contributed by atoms with van der Waals surface area (Å²) in [7, 11) is 2.05. The molecule has 0 spiro atoms. The van der Waals surface area contributed by atoms with Gasteiger partial charge in [0.25, 0.3) is 11.8 Å². The first kappa shape index (κ1) is 26.6. The number of amides is 2. The van der Waals surface area contributed by atoms with Gasteiger partial charge < -0.3 is 25.5 Å². The largest absolute Gasteiger partial charge is 0.481 e. The van der Waals surface area contributed by atoms with Gasteiger partial charge in [-0.15, -0.1) is 0 Å². The van der Waals surface area contributed by atoms with Gasteiger partial charge in [0, 0.05) is 53.9 Å². The Labute approximate surface area is 235 Å². The minimum atomic E-state index is -0.863. The first-order valence-corrected chi connectivity index (χ1v) is 13.6. The number of piperazine rings is 1. The Kier molecular flexibility index (Phi) is 7.81. The average Bonchev–Trinajstić information content (AvgIpc) is 3.25. The van der Waals surface area contributed by atoms with Crippen molar-refractivity contribution >= 4 is 56.4 Å². The molecule has 39 heavy (non-hydrogen) atoms. The molecule has 3 N–H and O–H groups in total. The molecule has 8 nitrogen and oxygen atoms in total. The monoisotopic (exact) mass is 588 g/mol. The number of aliphatic carboxylic acids is 1. The van der Waals surface area contributed by atoms with Crippen LogP contribution in [-0.2, 0) is 16.0 Å². The number of carbonyl (C=O) groups excluding carboxylic acids is 2. The Balaban J connectivity index is 1.49. The van der Waals surface area contributed by atoms with E-state index in [1.165, 1.54) is 0 Å². The predicted molar refractivity (Wildman–Crippen MR) is 155 cm³/mol. The number of carboxylic acids is 1. The number of benzene rings is 3. The molecule has 2 heterocycles. The maximum Gasteiger partial charge on any atom is 0.303 e. The summed E-state index contributed by atoms with van der Waals surface area (Å²) in [4.78, 5) is 41.4. The number of carboxylic acid groups (broad SMARTS) is 1. The van der Waals surface area contributed by atoms with Crippen molar-refractivity contribution in [2.24, 2.45) is 0 Å². The minimum Gasteiger partial charge on any atom is -0.481 e. The number of halogens is 1. The topological polar surface area (TPSA) is 102 Å². The van der Waals surface area contributed by atoms with Crippen molar-refractivity contribution in [2.45, 2.75) is 12.8 Å². The molecular weight excluding hydrogens is 560 g/mol. The molecule has 5 rings (SSSR count). The Morgan fingerprint density at radius 3 is 2.44 bits per heavy atom. The van der Waals surface area contributed by atoms with Crippen molar-refractivity contribution in [3.05, 3.63) is 93.5 Å². The van der Waals surface area contributed by atoms with E-state index in [0.29, 0.717) is 42.0 Å². The second-order valence-corrected chi connectivity index (χ2v) is 10.7. The average molecular weight is 589 g/mol. The molecule has 0 aromatic heterocycles. The van der Waals surface area contributed by atoms with Crippen LogP contribution in [0.15, 0.2) is 71.2 Å². The van der Waals surface area contributed by atoms with Crippen molar-refractivity contribution in [2.75, 3.05) is 43.9 Å². The number of fused-ring (bicyclic) bond motifs is 1. The van der Waals surface area contributed by atoms with E-state index in [0.717, 1.165) is 39.9 Å². The number of anilines is 2. The molecule has 0 aliphatic carbocycles. The molecule has 0 radical (unpaired) electrons. The minimum absolute atomic E-state index is 0.00837. The van der Waals surface area contributed by atoms with Gasteiger partial charge in [0.05, 0.1) is 17.0 Å². The van der Waals surface area contributed by atoms with E-state index < -0.39 is 5.97 Å². The smallest absolute Gasteiger partial charge is 0.303 e. The van der Waals surface area contributed by atoms with Gasteiger partial charge in [-0.2, -0.15) is 0 Å². The lowest BCUT2D eigenvalue weighted by atomic mass is 9.97. The molecule has 9 heteroatoms. The van der Waals surface area contributed by atoms with Crippen molar-refractivity contribution < 1.29 is 19.5 Å². The molecule has 0 bridgehead atoms. The molecular formula is C30H29BrN4O4. The molecule has 2 amide bonds. The Morgan fingerprint density at radius 1 is 0.974 bits per heavy atom. The number of likely N-dealkylation sites (N-methyl/N-ethyl adjacent to an activating group) is 1. The SMILES string of the molecule is CN1CCN(C(=O)c2ccc(NC(=C3C(=O)Nc4cc(Br)ccc43)c3cccc(CCC(=O)O)c3)cc2)CC1. The molecule has 3 aromatic rings. The summed E-state index contributed by atoms with van der Waals surface area (Å²) in [6.07, 6.45) is 0.396. The number of carbonyl (C=O) groups is 3. The lowest BCUT2D eigenvalue weighted by Crippen LogP contribution is -2.47. The summed E-state index contributed by atoms with van der Waals surface area (Å²) in [6, 6.07) is 20.5. The molecule has 2 aliphatic heterocycles. The Morgan fingerprint density at radius 2 is 1.72 bits per heavy atom. The van der Waals surface area contributed by atoms with Crippen LogP contribution in [0.4, 0.5) is 11.4 Å². The van der Waals surface area contributed by atoms with E-state index in [1.54, 1.807) is 12.1 Å². The fourth-order valence-electron chi connectivity index (χ4n) is 4.84. The second kappa shape index (κ2) is 11.4. The number of aryl methyl sites for hydroxylation is 1. The maximum absolute atomic E-state index is 13.2. The van der Waals surface area contributed by atoms with Gasteiger partial charge in [-0.3, -0.25) is 14.4 Å². The summed E-state index contributed by atoms with van der Waals surface area (Å²) >= 11 is 3.46. The van der Waals surface area contributed by atoms with Crippen molar-refractivity contribution in [1.82, 2.24) is 9.80 Å². The molecule has 2 aliphatic rings. The zero-order valence-electron chi connectivity index (χ0n) is 21.5. The highest BCUT2D eigenvalue weighted by atomic mass is 79.9. The van der Waals surface area contributed by atoms with Crippen LogP contribution in [-0.4, -0.2) is 65.9 Å². The van der Waals surface area contributed by atoms with Crippen molar-refractivity contribution in [3.63, 3.8) is 0 Å². The van der Waals surface area contributed by atoms with E-state index >= 15 is 0 Å². The number of hydrogen-bond donors (Lipinski definition) is 3. The van der Waals surface area contributed by atoms with Crippen LogP contribution in [0.5, 0.6) is 0 Å². The van der Waals surface area contributed by atoms with Gasteiger partial charge in [-0.1, -0.05) is 40.2 Å². The zero-order chi connectivity index (χ0) is 27.5. The van der Waals surface area contributed by atoms with Gasteiger partial charge in [-0.25, -0.2) is 0 Å². The van der Waals surface area contributed by atoms with Gasteiger partial charge >= 0.3 is 5.97 Å². The van der Waals surface area contributed by atoms with Gasteiger partial charge in [0.15, 0.2) is 0 Å². The highest BCUT2D eigenvalue weighted by Crippen LogP contribution is 2.39. The number of hydrogen-bond acceptors (Lipinski definition) is 5. The Bertz CT molecular complexity index is 1460. The molecule has 3 aromatic carbocycles.